The number of carbonyl (C=O) groups is 1. The minimum Gasteiger partial charge on any atom is -0.385 e. The SMILES string of the molecule is CC(=O)Nc1ccc(NCC2CCCCC2)cc1. The first-order valence-electron chi connectivity index (χ1n) is 6.85. The molecule has 3 heteroatoms. The van der Waals surface area contributed by atoms with Gasteiger partial charge in [0.15, 0.2) is 0 Å². The number of nitrogens with one attached hydrogen (secondary N) is 2. The lowest BCUT2D eigenvalue weighted by Crippen LogP contribution is -2.17. The highest BCUT2D eigenvalue weighted by atomic mass is 16.1. The van der Waals surface area contributed by atoms with Crippen molar-refractivity contribution in [3.05, 3.63) is 24.3 Å². The maximum Gasteiger partial charge on any atom is 0.221 e. The first kappa shape index (κ1) is 12.9. The second kappa shape index (κ2) is 6.43. The number of anilines is 2. The van der Waals surface area contributed by atoms with E-state index in [0.717, 1.165) is 23.8 Å². The topological polar surface area (TPSA) is 41.1 Å². The Bertz CT molecular complexity index is 380. The van der Waals surface area contributed by atoms with Crippen molar-refractivity contribution in [1.82, 2.24) is 0 Å². The van der Waals surface area contributed by atoms with Gasteiger partial charge in [0.2, 0.25) is 5.91 Å². The third-order valence-electron chi connectivity index (χ3n) is 3.52. The monoisotopic (exact) mass is 246 g/mol. The van der Waals surface area contributed by atoms with Crippen LogP contribution in [-0.4, -0.2) is 12.5 Å². The minimum absolute atomic E-state index is 0.0297. The van der Waals surface area contributed by atoms with E-state index >= 15 is 0 Å². The normalized spacial score (nSPS) is 16.3. The molecule has 0 aliphatic heterocycles. The summed E-state index contributed by atoms with van der Waals surface area (Å²) in [4.78, 5) is 10.9. The van der Waals surface area contributed by atoms with Crippen LogP contribution in [0, 0.1) is 5.92 Å². The maximum atomic E-state index is 10.9. The van der Waals surface area contributed by atoms with E-state index in [-0.39, 0.29) is 5.91 Å². The lowest BCUT2D eigenvalue weighted by molar-refractivity contribution is -0.114. The molecular weight excluding hydrogens is 224 g/mol. The second-order valence-corrected chi connectivity index (χ2v) is 5.14. The van der Waals surface area contributed by atoms with Gasteiger partial charge in [0.25, 0.3) is 0 Å². The van der Waals surface area contributed by atoms with Crippen LogP contribution < -0.4 is 10.6 Å². The molecule has 1 aromatic rings. The summed E-state index contributed by atoms with van der Waals surface area (Å²) in [6.07, 6.45) is 6.89. The summed E-state index contributed by atoms with van der Waals surface area (Å²) >= 11 is 0. The Labute approximate surface area is 109 Å². The zero-order valence-corrected chi connectivity index (χ0v) is 11.0. The molecule has 0 spiro atoms. The third kappa shape index (κ3) is 4.06. The van der Waals surface area contributed by atoms with Crippen LogP contribution in [0.15, 0.2) is 24.3 Å². The first-order valence-corrected chi connectivity index (χ1v) is 6.85. The van der Waals surface area contributed by atoms with E-state index < -0.39 is 0 Å². The van der Waals surface area contributed by atoms with Crippen LogP contribution in [0.2, 0.25) is 0 Å². The largest absolute Gasteiger partial charge is 0.385 e. The Kier molecular flexibility index (Phi) is 4.62. The van der Waals surface area contributed by atoms with Gasteiger partial charge in [-0.15, -0.1) is 0 Å². The van der Waals surface area contributed by atoms with Crippen LogP contribution >= 0.6 is 0 Å². The van der Waals surface area contributed by atoms with E-state index in [1.54, 1.807) is 0 Å². The van der Waals surface area contributed by atoms with Gasteiger partial charge in [0, 0.05) is 24.8 Å². The molecular formula is C15H22N2O. The summed E-state index contributed by atoms with van der Waals surface area (Å²) in [5.41, 5.74) is 1.99. The van der Waals surface area contributed by atoms with Gasteiger partial charge in [0.05, 0.1) is 0 Å². The zero-order chi connectivity index (χ0) is 12.8. The van der Waals surface area contributed by atoms with Crippen LogP contribution in [0.3, 0.4) is 0 Å². The van der Waals surface area contributed by atoms with Crippen molar-refractivity contribution in [2.75, 3.05) is 17.2 Å². The highest BCUT2D eigenvalue weighted by Gasteiger charge is 2.12. The lowest BCUT2D eigenvalue weighted by Gasteiger charge is -2.22. The molecule has 1 fully saturated rings. The van der Waals surface area contributed by atoms with Crippen molar-refractivity contribution in [2.45, 2.75) is 39.0 Å². The van der Waals surface area contributed by atoms with E-state index in [0.29, 0.717) is 0 Å². The van der Waals surface area contributed by atoms with Gasteiger partial charge in [-0.25, -0.2) is 0 Å². The van der Waals surface area contributed by atoms with Gasteiger partial charge >= 0.3 is 0 Å². The van der Waals surface area contributed by atoms with Crippen molar-refractivity contribution in [3.63, 3.8) is 0 Å². The fourth-order valence-corrected chi connectivity index (χ4v) is 2.53. The first-order chi connectivity index (χ1) is 8.74. The summed E-state index contributed by atoms with van der Waals surface area (Å²) < 4.78 is 0. The van der Waals surface area contributed by atoms with Crippen molar-refractivity contribution < 1.29 is 4.79 Å². The minimum atomic E-state index is -0.0297. The number of benzene rings is 1. The predicted octanol–water partition coefficient (Wildman–Crippen LogP) is 3.64. The molecule has 0 bridgehead atoms. The van der Waals surface area contributed by atoms with Crippen molar-refractivity contribution in [1.29, 1.82) is 0 Å². The molecule has 0 saturated heterocycles. The molecule has 1 aliphatic carbocycles. The number of rotatable bonds is 4. The van der Waals surface area contributed by atoms with Crippen LogP contribution in [0.4, 0.5) is 11.4 Å². The summed E-state index contributed by atoms with van der Waals surface area (Å²) in [6, 6.07) is 7.91. The fourth-order valence-electron chi connectivity index (χ4n) is 2.53. The molecule has 3 nitrogen and oxygen atoms in total. The second-order valence-electron chi connectivity index (χ2n) is 5.14. The summed E-state index contributed by atoms with van der Waals surface area (Å²) in [6.45, 7) is 2.59. The molecule has 0 heterocycles. The fraction of sp³-hybridized carbons (Fsp3) is 0.533. The third-order valence-corrected chi connectivity index (χ3v) is 3.52. The highest BCUT2D eigenvalue weighted by molar-refractivity contribution is 5.88. The number of hydrogen-bond donors (Lipinski definition) is 2. The van der Waals surface area contributed by atoms with Crippen LogP contribution in [-0.2, 0) is 4.79 Å². The van der Waals surface area contributed by atoms with E-state index in [2.05, 4.69) is 10.6 Å². The number of carbonyl (C=O) groups excluding carboxylic acids is 1. The zero-order valence-electron chi connectivity index (χ0n) is 11.0. The average Bonchev–Trinajstić information content (AvgIpc) is 2.38. The van der Waals surface area contributed by atoms with Gasteiger partial charge in [-0.3, -0.25) is 4.79 Å². The molecule has 1 aromatic carbocycles. The molecule has 18 heavy (non-hydrogen) atoms. The molecule has 1 amide bonds. The summed E-state index contributed by atoms with van der Waals surface area (Å²) in [5, 5.41) is 6.25. The van der Waals surface area contributed by atoms with Crippen LogP contribution in [0.5, 0.6) is 0 Å². The predicted molar refractivity (Wildman–Crippen MR) is 75.8 cm³/mol. The summed E-state index contributed by atoms with van der Waals surface area (Å²) in [5.74, 6) is 0.798. The molecule has 1 saturated carbocycles. The summed E-state index contributed by atoms with van der Waals surface area (Å²) in [7, 11) is 0. The Morgan fingerprint density at radius 2 is 1.72 bits per heavy atom. The van der Waals surface area contributed by atoms with E-state index in [1.165, 1.54) is 39.0 Å². The van der Waals surface area contributed by atoms with E-state index in [1.807, 2.05) is 24.3 Å². The average molecular weight is 246 g/mol. The number of amides is 1. The Hall–Kier alpha value is -1.51. The van der Waals surface area contributed by atoms with Gasteiger partial charge in [0.1, 0.15) is 0 Å². The van der Waals surface area contributed by atoms with Crippen LogP contribution in [0.1, 0.15) is 39.0 Å². The smallest absolute Gasteiger partial charge is 0.221 e. The van der Waals surface area contributed by atoms with Gasteiger partial charge < -0.3 is 10.6 Å². The molecule has 0 radical (unpaired) electrons. The Morgan fingerprint density at radius 1 is 1.11 bits per heavy atom. The standard InChI is InChI=1S/C15H22N2O/c1-12(18)17-15-9-7-14(8-10-15)16-11-13-5-3-2-4-6-13/h7-10,13,16H,2-6,11H2,1H3,(H,17,18). The van der Waals surface area contributed by atoms with Gasteiger partial charge in [-0.05, 0) is 43.0 Å². The molecule has 0 atom stereocenters. The molecule has 98 valence electrons. The van der Waals surface area contributed by atoms with Gasteiger partial charge in [-0.2, -0.15) is 0 Å². The lowest BCUT2D eigenvalue weighted by atomic mass is 9.89. The Balaban J connectivity index is 1.80. The molecule has 2 rings (SSSR count). The van der Waals surface area contributed by atoms with Crippen LogP contribution in [0.25, 0.3) is 0 Å². The van der Waals surface area contributed by atoms with Crippen molar-refractivity contribution in [3.8, 4) is 0 Å². The van der Waals surface area contributed by atoms with E-state index in [4.69, 9.17) is 0 Å². The quantitative estimate of drug-likeness (QED) is 0.851. The molecule has 0 unspecified atom stereocenters. The number of hydrogen-bond acceptors (Lipinski definition) is 2. The van der Waals surface area contributed by atoms with Gasteiger partial charge in [-0.1, -0.05) is 19.3 Å². The molecule has 0 aromatic heterocycles. The van der Waals surface area contributed by atoms with Crippen molar-refractivity contribution >= 4 is 17.3 Å². The van der Waals surface area contributed by atoms with Crippen molar-refractivity contribution in [2.24, 2.45) is 5.92 Å². The molecule has 2 N–H and O–H groups in total. The maximum absolute atomic E-state index is 10.9. The highest BCUT2D eigenvalue weighted by Crippen LogP contribution is 2.24. The Morgan fingerprint density at radius 3 is 2.33 bits per heavy atom. The van der Waals surface area contributed by atoms with E-state index in [9.17, 15) is 4.79 Å². The molecule has 1 aliphatic rings.